The van der Waals surface area contributed by atoms with Crippen molar-refractivity contribution in [2.24, 2.45) is 0 Å². The standard InChI is InChI=1S/C21H24N6S/c1-15(21-23-9-14-28-21)26-10-12-27(13-11-26)20-16-5-4-7-17(16)24-19(25-20)18-6-2-3-8-22-18/h2-3,6,8-9,14-15H,4-5,7,10-13H2,1H3. The maximum atomic E-state index is 4.98. The Bertz CT molecular complexity index is 935. The quantitative estimate of drug-likeness (QED) is 0.679. The summed E-state index contributed by atoms with van der Waals surface area (Å²) in [6.45, 7) is 6.29. The van der Waals surface area contributed by atoms with E-state index in [9.17, 15) is 0 Å². The summed E-state index contributed by atoms with van der Waals surface area (Å²) in [5.41, 5.74) is 3.42. The van der Waals surface area contributed by atoms with Crippen molar-refractivity contribution >= 4 is 17.2 Å². The Morgan fingerprint density at radius 3 is 2.64 bits per heavy atom. The van der Waals surface area contributed by atoms with Crippen LogP contribution in [0, 0.1) is 0 Å². The molecule has 2 aliphatic rings. The number of hydrogen-bond acceptors (Lipinski definition) is 7. The Kier molecular flexibility index (Phi) is 4.78. The molecule has 1 aliphatic heterocycles. The van der Waals surface area contributed by atoms with E-state index in [0.717, 1.165) is 56.4 Å². The first-order valence-electron chi connectivity index (χ1n) is 9.99. The molecule has 0 spiro atoms. The van der Waals surface area contributed by atoms with Gasteiger partial charge in [-0.25, -0.2) is 15.0 Å². The van der Waals surface area contributed by atoms with Gasteiger partial charge in [0.1, 0.15) is 16.5 Å². The molecule has 3 aromatic rings. The van der Waals surface area contributed by atoms with Gasteiger partial charge in [0.2, 0.25) is 0 Å². The Hall–Kier alpha value is -2.38. The topological polar surface area (TPSA) is 58.0 Å². The average Bonchev–Trinajstić information content (AvgIpc) is 3.45. The van der Waals surface area contributed by atoms with E-state index in [1.165, 1.54) is 22.7 Å². The Balaban J connectivity index is 1.39. The molecule has 0 aromatic carbocycles. The zero-order valence-corrected chi connectivity index (χ0v) is 16.9. The van der Waals surface area contributed by atoms with Crippen LogP contribution in [0.3, 0.4) is 0 Å². The van der Waals surface area contributed by atoms with Gasteiger partial charge in [-0.2, -0.15) is 0 Å². The SMILES string of the molecule is CC(c1nccs1)N1CCN(c2nc(-c3ccccn3)nc3c2CCC3)CC1. The number of thiazole rings is 1. The van der Waals surface area contributed by atoms with Gasteiger partial charge in [0, 0.05) is 55.2 Å². The lowest BCUT2D eigenvalue weighted by atomic mass is 10.1. The van der Waals surface area contributed by atoms with Gasteiger partial charge in [0.25, 0.3) is 0 Å². The fraction of sp³-hybridized carbons (Fsp3) is 0.429. The highest BCUT2D eigenvalue weighted by molar-refractivity contribution is 7.09. The maximum Gasteiger partial charge on any atom is 0.180 e. The lowest BCUT2D eigenvalue weighted by Crippen LogP contribution is -2.47. The third-order valence-electron chi connectivity index (χ3n) is 5.78. The smallest absolute Gasteiger partial charge is 0.180 e. The first-order valence-corrected chi connectivity index (χ1v) is 10.9. The predicted octanol–water partition coefficient (Wildman–Crippen LogP) is 3.37. The number of rotatable bonds is 4. The van der Waals surface area contributed by atoms with Crippen LogP contribution in [-0.2, 0) is 12.8 Å². The summed E-state index contributed by atoms with van der Waals surface area (Å²) in [6, 6.07) is 6.30. The molecule has 1 atom stereocenters. The van der Waals surface area contributed by atoms with Crippen LogP contribution in [0.2, 0.25) is 0 Å². The van der Waals surface area contributed by atoms with Crippen LogP contribution < -0.4 is 4.90 Å². The monoisotopic (exact) mass is 392 g/mol. The van der Waals surface area contributed by atoms with Crippen molar-refractivity contribution in [1.29, 1.82) is 0 Å². The zero-order chi connectivity index (χ0) is 18.9. The number of pyridine rings is 1. The second kappa shape index (κ2) is 7.56. The lowest BCUT2D eigenvalue weighted by Gasteiger charge is -2.38. The normalized spacial score (nSPS) is 18.2. The van der Waals surface area contributed by atoms with E-state index >= 15 is 0 Å². The van der Waals surface area contributed by atoms with E-state index in [2.05, 4.69) is 32.1 Å². The van der Waals surface area contributed by atoms with Crippen LogP contribution >= 0.6 is 11.3 Å². The van der Waals surface area contributed by atoms with Crippen LogP contribution in [0.15, 0.2) is 36.0 Å². The molecule has 4 heterocycles. The molecule has 0 radical (unpaired) electrons. The molecular weight excluding hydrogens is 368 g/mol. The highest BCUT2D eigenvalue weighted by atomic mass is 32.1. The predicted molar refractivity (Wildman–Crippen MR) is 112 cm³/mol. The molecule has 3 aromatic heterocycles. The molecule has 5 rings (SSSR count). The summed E-state index contributed by atoms with van der Waals surface area (Å²) in [7, 11) is 0. The largest absolute Gasteiger partial charge is 0.354 e. The molecule has 7 heteroatoms. The molecular formula is C21H24N6S. The van der Waals surface area contributed by atoms with Crippen LogP contribution in [0.25, 0.3) is 11.5 Å². The van der Waals surface area contributed by atoms with E-state index in [1.807, 2.05) is 30.6 Å². The molecule has 1 aliphatic carbocycles. The second-order valence-electron chi connectivity index (χ2n) is 7.43. The van der Waals surface area contributed by atoms with Gasteiger partial charge in [0.05, 0.1) is 6.04 Å². The minimum absolute atomic E-state index is 0.377. The fourth-order valence-electron chi connectivity index (χ4n) is 4.20. The number of piperazine rings is 1. The number of aryl methyl sites for hydroxylation is 1. The number of anilines is 1. The van der Waals surface area contributed by atoms with Crippen molar-refractivity contribution in [2.45, 2.75) is 32.2 Å². The molecule has 1 unspecified atom stereocenters. The van der Waals surface area contributed by atoms with Gasteiger partial charge in [-0.3, -0.25) is 9.88 Å². The molecule has 6 nitrogen and oxygen atoms in total. The average molecular weight is 393 g/mol. The van der Waals surface area contributed by atoms with Crippen molar-refractivity contribution in [1.82, 2.24) is 24.8 Å². The zero-order valence-electron chi connectivity index (χ0n) is 16.1. The summed E-state index contributed by atoms with van der Waals surface area (Å²) in [5, 5.41) is 3.26. The van der Waals surface area contributed by atoms with Gasteiger partial charge in [-0.05, 0) is 38.3 Å². The number of hydrogen-bond donors (Lipinski definition) is 0. The van der Waals surface area contributed by atoms with E-state index in [0.29, 0.717) is 6.04 Å². The van der Waals surface area contributed by atoms with E-state index in [-0.39, 0.29) is 0 Å². The van der Waals surface area contributed by atoms with Crippen LogP contribution in [0.4, 0.5) is 5.82 Å². The molecule has 1 fully saturated rings. The molecule has 0 amide bonds. The Morgan fingerprint density at radius 2 is 1.89 bits per heavy atom. The van der Waals surface area contributed by atoms with E-state index in [1.54, 1.807) is 11.3 Å². The third-order valence-corrected chi connectivity index (χ3v) is 6.72. The van der Waals surface area contributed by atoms with Crippen LogP contribution in [0.5, 0.6) is 0 Å². The third kappa shape index (κ3) is 3.29. The maximum absolute atomic E-state index is 4.98. The van der Waals surface area contributed by atoms with Gasteiger partial charge in [-0.15, -0.1) is 11.3 Å². The molecule has 0 saturated carbocycles. The summed E-state index contributed by atoms with van der Waals surface area (Å²) in [5.74, 6) is 1.89. The lowest BCUT2D eigenvalue weighted by molar-refractivity contribution is 0.198. The van der Waals surface area contributed by atoms with Crippen molar-refractivity contribution in [3.63, 3.8) is 0 Å². The molecule has 1 saturated heterocycles. The van der Waals surface area contributed by atoms with Gasteiger partial charge < -0.3 is 4.90 Å². The van der Waals surface area contributed by atoms with Gasteiger partial charge >= 0.3 is 0 Å². The van der Waals surface area contributed by atoms with Gasteiger partial charge in [-0.1, -0.05) is 6.07 Å². The molecule has 0 bridgehead atoms. The number of nitrogens with zero attached hydrogens (tertiary/aromatic N) is 6. The Morgan fingerprint density at radius 1 is 1.00 bits per heavy atom. The van der Waals surface area contributed by atoms with Crippen molar-refractivity contribution < 1.29 is 0 Å². The first-order chi connectivity index (χ1) is 13.8. The summed E-state index contributed by atoms with van der Waals surface area (Å²) < 4.78 is 0. The fourth-order valence-corrected chi connectivity index (χ4v) is 4.93. The number of fused-ring (bicyclic) bond motifs is 1. The minimum Gasteiger partial charge on any atom is -0.354 e. The van der Waals surface area contributed by atoms with Crippen molar-refractivity contribution in [3.8, 4) is 11.5 Å². The number of aromatic nitrogens is 4. The van der Waals surface area contributed by atoms with Crippen LogP contribution in [0.1, 0.15) is 35.7 Å². The van der Waals surface area contributed by atoms with E-state index < -0.39 is 0 Å². The van der Waals surface area contributed by atoms with Crippen molar-refractivity contribution in [2.75, 3.05) is 31.1 Å². The van der Waals surface area contributed by atoms with Crippen LogP contribution in [-0.4, -0.2) is 51.0 Å². The summed E-state index contributed by atoms with van der Waals surface area (Å²) in [4.78, 5) is 23.8. The Labute approximate surface area is 169 Å². The highest BCUT2D eigenvalue weighted by Gasteiger charge is 2.28. The molecule has 28 heavy (non-hydrogen) atoms. The highest BCUT2D eigenvalue weighted by Crippen LogP contribution is 2.32. The summed E-state index contributed by atoms with van der Waals surface area (Å²) >= 11 is 1.74. The summed E-state index contributed by atoms with van der Waals surface area (Å²) in [6.07, 6.45) is 7.01. The van der Waals surface area contributed by atoms with E-state index in [4.69, 9.17) is 9.97 Å². The molecule has 0 N–H and O–H groups in total. The van der Waals surface area contributed by atoms with Crippen molar-refractivity contribution in [3.05, 3.63) is 52.2 Å². The van der Waals surface area contributed by atoms with Gasteiger partial charge in [0.15, 0.2) is 5.82 Å². The second-order valence-corrected chi connectivity index (χ2v) is 8.36. The first kappa shape index (κ1) is 17.7. The minimum atomic E-state index is 0.377. The molecule has 144 valence electrons.